The first-order valence-corrected chi connectivity index (χ1v) is 8.29. The van der Waals surface area contributed by atoms with E-state index in [1.165, 1.54) is 12.3 Å². The number of carboxylic acids is 1. The first kappa shape index (κ1) is 19.8. The lowest BCUT2D eigenvalue weighted by molar-refractivity contribution is 0.0695. The summed E-state index contributed by atoms with van der Waals surface area (Å²) in [5.41, 5.74) is 1.75. The number of piperidine rings is 1. The number of aromatic carboxylic acids is 1. The van der Waals surface area contributed by atoms with Crippen molar-refractivity contribution in [2.45, 2.75) is 32.2 Å². The van der Waals surface area contributed by atoms with Crippen LogP contribution in [-0.4, -0.2) is 45.4 Å². The van der Waals surface area contributed by atoms with Crippen molar-refractivity contribution in [2.24, 2.45) is 0 Å². The minimum atomic E-state index is -0.930. The fourth-order valence-corrected chi connectivity index (χ4v) is 3.37. The second-order valence-electron chi connectivity index (χ2n) is 6.31. The maximum atomic E-state index is 13.7. The number of halogens is 2. The van der Waals surface area contributed by atoms with Gasteiger partial charge in [-0.05, 0) is 37.8 Å². The van der Waals surface area contributed by atoms with Gasteiger partial charge in [0, 0.05) is 19.6 Å². The van der Waals surface area contributed by atoms with Gasteiger partial charge in [0.2, 0.25) is 0 Å². The van der Waals surface area contributed by atoms with E-state index in [1.807, 2.05) is 16.8 Å². The quantitative estimate of drug-likeness (QED) is 0.696. The normalized spacial score (nSPS) is 15.8. The van der Waals surface area contributed by atoms with Crippen molar-refractivity contribution in [2.75, 3.05) is 19.6 Å². The van der Waals surface area contributed by atoms with Crippen molar-refractivity contribution in [3.63, 3.8) is 0 Å². The molecular formula is C18H23FIN3O2. The number of hydrogen-bond donors (Lipinski definition) is 1. The SMILES string of the molecule is Cc1c(C(=O)O)cnn1C1CCN(CCc2ccccc2F)CC1.I. The average Bonchev–Trinajstić information content (AvgIpc) is 2.96. The molecule has 7 heteroatoms. The van der Waals surface area contributed by atoms with Crippen molar-refractivity contribution < 1.29 is 14.3 Å². The zero-order valence-electron chi connectivity index (χ0n) is 14.2. The fourth-order valence-electron chi connectivity index (χ4n) is 3.37. The monoisotopic (exact) mass is 459 g/mol. The summed E-state index contributed by atoms with van der Waals surface area (Å²) in [6.45, 7) is 4.48. The molecule has 0 aliphatic carbocycles. The molecule has 0 amide bonds. The molecule has 1 aromatic carbocycles. The van der Waals surface area contributed by atoms with Crippen LogP contribution in [0.1, 0.15) is 40.5 Å². The largest absolute Gasteiger partial charge is 0.478 e. The Labute approximate surface area is 163 Å². The van der Waals surface area contributed by atoms with Gasteiger partial charge in [0.15, 0.2) is 0 Å². The van der Waals surface area contributed by atoms with Gasteiger partial charge in [-0.15, -0.1) is 24.0 Å². The summed E-state index contributed by atoms with van der Waals surface area (Å²) < 4.78 is 15.5. The molecule has 3 rings (SSSR count). The summed E-state index contributed by atoms with van der Waals surface area (Å²) in [5, 5.41) is 13.4. The minimum absolute atomic E-state index is 0. The van der Waals surface area contributed by atoms with Crippen LogP contribution in [-0.2, 0) is 6.42 Å². The standard InChI is InChI=1S/C18H22FN3O2.HI/c1-13-16(18(23)24)12-20-22(13)15-7-10-21(11-8-15)9-6-14-4-2-3-5-17(14)19;/h2-5,12,15H,6-11H2,1H3,(H,23,24);1H. The zero-order chi connectivity index (χ0) is 17.1. The highest BCUT2D eigenvalue weighted by Crippen LogP contribution is 2.24. The van der Waals surface area contributed by atoms with Gasteiger partial charge >= 0.3 is 5.97 Å². The third-order valence-corrected chi connectivity index (χ3v) is 4.83. The lowest BCUT2D eigenvalue weighted by Gasteiger charge is -2.32. The third kappa shape index (κ3) is 4.58. The van der Waals surface area contributed by atoms with E-state index in [4.69, 9.17) is 5.11 Å². The smallest absolute Gasteiger partial charge is 0.339 e. The van der Waals surface area contributed by atoms with Crippen LogP contribution in [0.5, 0.6) is 0 Å². The van der Waals surface area contributed by atoms with Crippen LogP contribution in [0.4, 0.5) is 4.39 Å². The number of likely N-dealkylation sites (tertiary alicyclic amines) is 1. The molecule has 0 spiro atoms. The van der Waals surface area contributed by atoms with Gasteiger partial charge in [-0.2, -0.15) is 5.10 Å². The van der Waals surface area contributed by atoms with Gasteiger partial charge in [-0.3, -0.25) is 4.68 Å². The third-order valence-electron chi connectivity index (χ3n) is 4.83. The lowest BCUT2D eigenvalue weighted by atomic mass is 10.0. The van der Waals surface area contributed by atoms with Crippen molar-refractivity contribution in [1.82, 2.24) is 14.7 Å². The van der Waals surface area contributed by atoms with Crippen LogP contribution in [0.2, 0.25) is 0 Å². The molecule has 1 fully saturated rings. The first-order chi connectivity index (χ1) is 11.6. The number of carbonyl (C=O) groups is 1. The Balaban J connectivity index is 0.00000225. The van der Waals surface area contributed by atoms with E-state index >= 15 is 0 Å². The van der Waals surface area contributed by atoms with Crippen LogP contribution >= 0.6 is 24.0 Å². The Morgan fingerprint density at radius 3 is 2.60 bits per heavy atom. The highest BCUT2D eigenvalue weighted by Gasteiger charge is 2.24. The molecule has 2 aromatic rings. The molecule has 136 valence electrons. The number of carboxylic acid groups (broad SMARTS) is 1. The van der Waals surface area contributed by atoms with Crippen molar-refractivity contribution >= 4 is 29.9 Å². The Morgan fingerprint density at radius 1 is 1.32 bits per heavy atom. The van der Waals surface area contributed by atoms with Crippen LogP contribution in [0.25, 0.3) is 0 Å². The summed E-state index contributed by atoms with van der Waals surface area (Å²) in [6, 6.07) is 7.15. The molecule has 1 N–H and O–H groups in total. The van der Waals surface area contributed by atoms with E-state index in [0.29, 0.717) is 12.1 Å². The molecule has 5 nitrogen and oxygen atoms in total. The van der Waals surface area contributed by atoms with Gasteiger partial charge < -0.3 is 10.0 Å². The second-order valence-corrected chi connectivity index (χ2v) is 6.31. The van der Waals surface area contributed by atoms with Gasteiger partial charge in [-0.25, -0.2) is 9.18 Å². The first-order valence-electron chi connectivity index (χ1n) is 8.29. The summed E-state index contributed by atoms with van der Waals surface area (Å²) in [5.74, 6) is -1.07. The van der Waals surface area contributed by atoms with Gasteiger partial charge in [0.25, 0.3) is 0 Å². The minimum Gasteiger partial charge on any atom is -0.478 e. The molecule has 2 heterocycles. The van der Waals surface area contributed by atoms with Crippen LogP contribution in [0.3, 0.4) is 0 Å². The molecular weight excluding hydrogens is 436 g/mol. The van der Waals surface area contributed by atoms with Crippen molar-refractivity contribution in [3.05, 3.63) is 53.1 Å². The Morgan fingerprint density at radius 2 is 2.00 bits per heavy atom. The molecule has 1 aromatic heterocycles. The summed E-state index contributed by atoms with van der Waals surface area (Å²) in [6.07, 6.45) is 4.00. The van der Waals surface area contributed by atoms with Gasteiger partial charge in [0.1, 0.15) is 11.4 Å². The molecule has 0 unspecified atom stereocenters. The number of rotatable bonds is 5. The molecule has 0 atom stereocenters. The molecule has 1 aliphatic heterocycles. The van der Waals surface area contributed by atoms with Crippen molar-refractivity contribution in [1.29, 1.82) is 0 Å². The molecule has 0 radical (unpaired) electrons. The lowest BCUT2D eigenvalue weighted by Crippen LogP contribution is -2.36. The molecule has 1 aliphatic rings. The molecule has 0 bridgehead atoms. The van der Waals surface area contributed by atoms with E-state index in [9.17, 15) is 9.18 Å². The average molecular weight is 459 g/mol. The predicted molar refractivity (Wildman–Crippen MR) is 104 cm³/mol. The van der Waals surface area contributed by atoms with Gasteiger partial charge in [-0.1, -0.05) is 18.2 Å². The van der Waals surface area contributed by atoms with E-state index in [1.54, 1.807) is 13.0 Å². The Bertz CT molecular complexity index is 727. The zero-order valence-corrected chi connectivity index (χ0v) is 16.5. The second kappa shape index (κ2) is 8.75. The maximum absolute atomic E-state index is 13.7. The van der Waals surface area contributed by atoms with Crippen LogP contribution in [0, 0.1) is 12.7 Å². The number of aromatic nitrogens is 2. The van der Waals surface area contributed by atoms with Crippen molar-refractivity contribution in [3.8, 4) is 0 Å². The fraction of sp³-hybridized carbons (Fsp3) is 0.444. The topological polar surface area (TPSA) is 58.4 Å². The van der Waals surface area contributed by atoms with Crippen LogP contribution in [0.15, 0.2) is 30.5 Å². The van der Waals surface area contributed by atoms with E-state index < -0.39 is 5.97 Å². The van der Waals surface area contributed by atoms with Gasteiger partial charge in [0.05, 0.1) is 17.9 Å². The molecule has 1 saturated heterocycles. The maximum Gasteiger partial charge on any atom is 0.339 e. The molecule has 25 heavy (non-hydrogen) atoms. The highest BCUT2D eigenvalue weighted by atomic mass is 127. The van der Waals surface area contributed by atoms with Crippen LogP contribution < -0.4 is 0 Å². The summed E-state index contributed by atoms with van der Waals surface area (Å²) >= 11 is 0. The summed E-state index contributed by atoms with van der Waals surface area (Å²) in [7, 11) is 0. The number of nitrogens with zero attached hydrogens (tertiary/aromatic N) is 3. The number of hydrogen-bond acceptors (Lipinski definition) is 3. The Hall–Kier alpha value is -1.48. The van der Waals surface area contributed by atoms with E-state index in [-0.39, 0.29) is 41.4 Å². The summed E-state index contributed by atoms with van der Waals surface area (Å²) in [4.78, 5) is 13.5. The number of benzene rings is 1. The predicted octanol–water partition coefficient (Wildman–Crippen LogP) is 3.53. The van der Waals surface area contributed by atoms with E-state index in [0.717, 1.165) is 38.0 Å². The highest BCUT2D eigenvalue weighted by molar-refractivity contribution is 14.0. The Kier molecular flexibility index (Phi) is 6.95. The van der Waals surface area contributed by atoms with E-state index in [2.05, 4.69) is 10.00 Å². The molecule has 0 saturated carbocycles.